The van der Waals surface area contributed by atoms with E-state index in [-0.39, 0.29) is 5.56 Å². The lowest BCUT2D eigenvalue weighted by Gasteiger charge is -2.10. The predicted octanol–water partition coefficient (Wildman–Crippen LogP) is 3.02. The Kier molecular flexibility index (Phi) is 3.74. The van der Waals surface area contributed by atoms with E-state index in [0.29, 0.717) is 5.69 Å². The summed E-state index contributed by atoms with van der Waals surface area (Å²) in [5, 5.41) is 3.50. The molecule has 1 amide bonds. The fourth-order valence-corrected chi connectivity index (χ4v) is 2.43. The first-order valence-electron chi connectivity index (χ1n) is 5.96. The Morgan fingerprint density at radius 3 is 2.86 bits per heavy atom. The van der Waals surface area contributed by atoms with Crippen LogP contribution in [0.3, 0.4) is 0 Å². The number of pyridine rings is 3. The number of aromatic nitrogens is 3. The molecule has 0 spiro atoms. The standard InChI is InChI=1S/C14H8FIN4O/c15-12-5-8(1-4-18-12)14(21)20-13-9-6-17-3-2-11(9)19-7-10(13)16/h1-7H,(H,19,20,21). The summed E-state index contributed by atoms with van der Waals surface area (Å²) in [5.74, 6) is -1.11. The first-order chi connectivity index (χ1) is 10.1. The van der Waals surface area contributed by atoms with Crippen LogP contribution in [0.4, 0.5) is 10.1 Å². The van der Waals surface area contributed by atoms with Gasteiger partial charge in [0.15, 0.2) is 0 Å². The van der Waals surface area contributed by atoms with Crippen molar-refractivity contribution in [3.63, 3.8) is 0 Å². The van der Waals surface area contributed by atoms with Crippen LogP contribution >= 0.6 is 22.6 Å². The van der Waals surface area contributed by atoms with Gasteiger partial charge in [0.1, 0.15) is 0 Å². The van der Waals surface area contributed by atoms with Gasteiger partial charge in [-0.3, -0.25) is 14.8 Å². The Morgan fingerprint density at radius 2 is 2.05 bits per heavy atom. The van der Waals surface area contributed by atoms with Crippen LogP contribution in [-0.2, 0) is 0 Å². The monoisotopic (exact) mass is 394 g/mol. The Labute approximate surface area is 132 Å². The molecule has 3 aromatic heterocycles. The molecule has 0 radical (unpaired) electrons. The van der Waals surface area contributed by atoms with E-state index >= 15 is 0 Å². The molecule has 1 N–H and O–H groups in total. The van der Waals surface area contributed by atoms with Crippen LogP contribution in [0.2, 0.25) is 0 Å². The molecule has 104 valence electrons. The average Bonchev–Trinajstić information content (AvgIpc) is 2.50. The zero-order valence-corrected chi connectivity index (χ0v) is 12.7. The molecule has 3 rings (SSSR count). The van der Waals surface area contributed by atoms with E-state index in [0.717, 1.165) is 20.5 Å². The van der Waals surface area contributed by atoms with Crippen molar-refractivity contribution in [2.75, 3.05) is 5.32 Å². The number of carbonyl (C=O) groups excluding carboxylic acids is 1. The fourth-order valence-electron chi connectivity index (χ4n) is 1.87. The van der Waals surface area contributed by atoms with E-state index in [4.69, 9.17) is 0 Å². The summed E-state index contributed by atoms with van der Waals surface area (Å²) in [5.41, 5.74) is 1.53. The van der Waals surface area contributed by atoms with Crippen molar-refractivity contribution < 1.29 is 9.18 Å². The van der Waals surface area contributed by atoms with Gasteiger partial charge in [-0.05, 0) is 34.7 Å². The van der Waals surface area contributed by atoms with Crippen molar-refractivity contribution in [1.82, 2.24) is 15.0 Å². The van der Waals surface area contributed by atoms with Gasteiger partial charge in [-0.15, -0.1) is 0 Å². The molecule has 21 heavy (non-hydrogen) atoms. The van der Waals surface area contributed by atoms with Gasteiger partial charge >= 0.3 is 0 Å². The van der Waals surface area contributed by atoms with Gasteiger partial charge < -0.3 is 5.32 Å². The highest BCUT2D eigenvalue weighted by Gasteiger charge is 2.13. The maximum absolute atomic E-state index is 13.1. The highest BCUT2D eigenvalue weighted by Crippen LogP contribution is 2.26. The number of anilines is 1. The number of amides is 1. The molecule has 0 fully saturated rings. The van der Waals surface area contributed by atoms with Gasteiger partial charge in [0.05, 0.1) is 14.8 Å². The highest BCUT2D eigenvalue weighted by atomic mass is 127. The third-order valence-electron chi connectivity index (χ3n) is 2.85. The van der Waals surface area contributed by atoms with Crippen molar-refractivity contribution in [2.24, 2.45) is 0 Å². The summed E-state index contributed by atoms with van der Waals surface area (Å²) in [6, 6.07) is 4.30. The Bertz CT molecular complexity index is 840. The molecule has 0 atom stereocenters. The Morgan fingerprint density at radius 1 is 1.19 bits per heavy atom. The van der Waals surface area contributed by atoms with Gasteiger partial charge in [0, 0.05) is 41.8 Å². The van der Waals surface area contributed by atoms with E-state index in [1.165, 1.54) is 12.3 Å². The lowest BCUT2D eigenvalue weighted by Crippen LogP contribution is -2.14. The number of rotatable bonds is 2. The van der Waals surface area contributed by atoms with Crippen LogP contribution in [0.25, 0.3) is 10.9 Å². The van der Waals surface area contributed by atoms with Crippen LogP contribution in [0.15, 0.2) is 43.0 Å². The summed E-state index contributed by atoms with van der Waals surface area (Å²) in [6.07, 6.45) is 6.17. The fraction of sp³-hybridized carbons (Fsp3) is 0. The largest absolute Gasteiger partial charge is 0.320 e. The minimum Gasteiger partial charge on any atom is -0.320 e. The van der Waals surface area contributed by atoms with Gasteiger partial charge in [0.25, 0.3) is 5.91 Å². The predicted molar refractivity (Wildman–Crippen MR) is 84.4 cm³/mol. The minimum absolute atomic E-state index is 0.201. The molecule has 0 saturated heterocycles. The van der Waals surface area contributed by atoms with Crippen LogP contribution in [0, 0.1) is 9.52 Å². The topological polar surface area (TPSA) is 67.8 Å². The second-order valence-electron chi connectivity index (χ2n) is 4.20. The first-order valence-corrected chi connectivity index (χ1v) is 7.04. The van der Waals surface area contributed by atoms with Crippen LogP contribution in [0.1, 0.15) is 10.4 Å². The number of halogens is 2. The normalized spacial score (nSPS) is 10.6. The summed E-state index contributed by atoms with van der Waals surface area (Å²) in [4.78, 5) is 24.0. The van der Waals surface area contributed by atoms with E-state index < -0.39 is 11.9 Å². The van der Waals surface area contributed by atoms with Crippen molar-refractivity contribution in [3.05, 3.63) is 58.1 Å². The van der Waals surface area contributed by atoms with Crippen molar-refractivity contribution in [2.45, 2.75) is 0 Å². The maximum Gasteiger partial charge on any atom is 0.255 e. The zero-order chi connectivity index (χ0) is 14.8. The summed E-state index contributed by atoms with van der Waals surface area (Å²) < 4.78 is 13.9. The summed E-state index contributed by atoms with van der Waals surface area (Å²) in [6.45, 7) is 0. The molecule has 3 heterocycles. The van der Waals surface area contributed by atoms with E-state index in [2.05, 4.69) is 42.9 Å². The van der Waals surface area contributed by atoms with E-state index in [1.807, 2.05) is 0 Å². The van der Waals surface area contributed by atoms with E-state index in [1.54, 1.807) is 24.7 Å². The van der Waals surface area contributed by atoms with Gasteiger partial charge in [-0.25, -0.2) is 4.98 Å². The van der Waals surface area contributed by atoms with Crippen LogP contribution < -0.4 is 5.32 Å². The molecule has 0 aliphatic rings. The molecule has 0 aromatic carbocycles. The third kappa shape index (κ3) is 2.82. The molecule has 0 aliphatic carbocycles. The van der Waals surface area contributed by atoms with Gasteiger partial charge in [-0.2, -0.15) is 4.39 Å². The molecule has 7 heteroatoms. The molecular formula is C14H8FIN4O. The number of hydrogen-bond acceptors (Lipinski definition) is 4. The van der Waals surface area contributed by atoms with Crippen molar-refractivity contribution in [1.29, 1.82) is 0 Å². The van der Waals surface area contributed by atoms with Gasteiger partial charge in [0.2, 0.25) is 5.95 Å². The number of fused-ring (bicyclic) bond motifs is 1. The molecule has 3 aromatic rings. The lowest BCUT2D eigenvalue weighted by atomic mass is 10.2. The Balaban J connectivity index is 2.02. The molecule has 0 aliphatic heterocycles. The van der Waals surface area contributed by atoms with E-state index in [9.17, 15) is 9.18 Å². The quantitative estimate of drug-likeness (QED) is 0.536. The SMILES string of the molecule is O=C(Nc1c(I)cnc2ccncc12)c1ccnc(F)c1. The Hall–Kier alpha value is -2.16. The van der Waals surface area contributed by atoms with Crippen molar-refractivity contribution >= 4 is 45.1 Å². The second kappa shape index (κ2) is 5.68. The number of carbonyl (C=O) groups is 1. The van der Waals surface area contributed by atoms with Crippen LogP contribution in [0.5, 0.6) is 0 Å². The van der Waals surface area contributed by atoms with Crippen molar-refractivity contribution in [3.8, 4) is 0 Å². The maximum atomic E-state index is 13.1. The zero-order valence-electron chi connectivity index (χ0n) is 10.5. The van der Waals surface area contributed by atoms with Crippen LogP contribution in [-0.4, -0.2) is 20.9 Å². The molecule has 0 saturated carbocycles. The highest BCUT2D eigenvalue weighted by molar-refractivity contribution is 14.1. The molecule has 0 unspecified atom stereocenters. The number of nitrogens with one attached hydrogen (secondary N) is 1. The summed E-state index contributed by atoms with van der Waals surface area (Å²) in [7, 11) is 0. The first kappa shape index (κ1) is 13.8. The average molecular weight is 394 g/mol. The number of nitrogens with zero attached hydrogens (tertiary/aromatic N) is 3. The molecule has 0 bridgehead atoms. The van der Waals surface area contributed by atoms with Gasteiger partial charge in [-0.1, -0.05) is 0 Å². The third-order valence-corrected chi connectivity index (χ3v) is 3.67. The molecule has 5 nitrogen and oxygen atoms in total. The second-order valence-corrected chi connectivity index (χ2v) is 5.36. The number of hydrogen-bond donors (Lipinski definition) is 1. The lowest BCUT2D eigenvalue weighted by molar-refractivity contribution is 0.102. The molecular weight excluding hydrogens is 386 g/mol. The smallest absolute Gasteiger partial charge is 0.255 e. The summed E-state index contributed by atoms with van der Waals surface area (Å²) >= 11 is 2.08. The minimum atomic E-state index is -0.696.